The van der Waals surface area contributed by atoms with Gasteiger partial charge in [0, 0.05) is 12.2 Å². The number of rotatable bonds is 10. The third-order valence-corrected chi connectivity index (χ3v) is 7.39. The number of ether oxygens (including phenoxy) is 2. The van der Waals surface area contributed by atoms with E-state index in [1.54, 1.807) is 17.0 Å². The first-order valence-electron chi connectivity index (χ1n) is 12.4. The minimum absolute atomic E-state index is 0.0996. The van der Waals surface area contributed by atoms with E-state index in [1.165, 1.54) is 11.8 Å². The van der Waals surface area contributed by atoms with Gasteiger partial charge in [0.15, 0.2) is 18.1 Å². The van der Waals surface area contributed by atoms with Gasteiger partial charge in [0.2, 0.25) is 0 Å². The summed E-state index contributed by atoms with van der Waals surface area (Å²) in [7, 11) is 0. The van der Waals surface area contributed by atoms with Crippen molar-refractivity contribution in [1.82, 2.24) is 4.90 Å². The molecule has 196 valence electrons. The number of thioether (sulfide) groups is 1. The summed E-state index contributed by atoms with van der Waals surface area (Å²) in [5.74, 6) is 0.599. The van der Waals surface area contributed by atoms with Gasteiger partial charge in [-0.05, 0) is 67.7 Å². The molecule has 38 heavy (non-hydrogen) atoms. The van der Waals surface area contributed by atoms with Crippen LogP contribution in [0, 0.1) is 13.8 Å². The highest BCUT2D eigenvalue weighted by Crippen LogP contribution is 2.35. The number of anilines is 1. The molecule has 6 nitrogen and oxygen atoms in total. The van der Waals surface area contributed by atoms with E-state index in [9.17, 15) is 9.59 Å². The Hall–Kier alpha value is -3.62. The van der Waals surface area contributed by atoms with Crippen molar-refractivity contribution < 1.29 is 19.1 Å². The number of benzene rings is 3. The topological polar surface area (TPSA) is 67.9 Å². The molecule has 0 saturated carbocycles. The van der Waals surface area contributed by atoms with E-state index in [0.29, 0.717) is 33.9 Å². The highest BCUT2D eigenvalue weighted by atomic mass is 32.2. The van der Waals surface area contributed by atoms with Crippen molar-refractivity contribution in [3.8, 4) is 11.5 Å². The number of amides is 2. The summed E-state index contributed by atoms with van der Waals surface area (Å²) in [5.41, 5.74) is 4.71. The molecule has 8 heteroatoms. The van der Waals surface area contributed by atoms with Crippen LogP contribution in [0.15, 0.2) is 71.6 Å². The molecule has 0 aromatic heterocycles. The third kappa shape index (κ3) is 6.82. The molecule has 4 rings (SSSR count). The van der Waals surface area contributed by atoms with Crippen LogP contribution < -0.4 is 14.8 Å². The smallest absolute Gasteiger partial charge is 0.266 e. The zero-order valence-corrected chi connectivity index (χ0v) is 23.3. The second kappa shape index (κ2) is 12.8. The molecule has 2 amide bonds. The van der Waals surface area contributed by atoms with Crippen molar-refractivity contribution in [2.75, 3.05) is 25.1 Å². The predicted octanol–water partition coefficient (Wildman–Crippen LogP) is 6.16. The van der Waals surface area contributed by atoms with Gasteiger partial charge >= 0.3 is 0 Å². The number of para-hydroxylation sites is 1. The fourth-order valence-corrected chi connectivity index (χ4v) is 5.37. The number of carbonyl (C=O) groups is 2. The maximum Gasteiger partial charge on any atom is 0.266 e. The Morgan fingerprint density at radius 3 is 2.45 bits per heavy atom. The van der Waals surface area contributed by atoms with Crippen LogP contribution in [0.1, 0.15) is 29.2 Å². The van der Waals surface area contributed by atoms with Crippen LogP contribution in [0.5, 0.6) is 11.5 Å². The molecular weight excluding hydrogens is 516 g/mol. The summed E-state index contributed by atoms with van der Waals surface area (Å²) in [6.45, 7) is 6.58. The second-order valence-corrected chi connectivity index (χ2v) is 10.5. The number of hydrogen-bond donors (Lipinski definition) is 1. The normalized spacial score (nSPS) is 14.2. The largest absolute Gasteiger partial charge is 0.490 e. The van der Waals surface area contributed by atoms with E-state index in [4.69, 9.17) is 21.7 Å². The standard InChI is InChI=1S/C30H30N2O4S2/c1-4-35-25-17-23(13-14-24(25)36-19-27(33)31-28-20(2)9-8-10-21(28)3)18-26-29(34)32(30(37)38-26)16-15-22-11-6-5-7-12-22/h5-14,17-18H,4,15-16,19H2,1-3H3,(H,31,33)/b26-18-. The van der Waals surface area contributed by atoms with Gasteiger partial charge in [-0.1, -0.05) is 78.6 Å². The molecule has 3 aromatic rings. The lowest BCUT2D eigenvalue weighted by molar-refractivity contribution is -0.122. The minimum Gasteiger partial charge on any atom is -0.490 e. The summed E-state index contributed by atoms with van der Waals surface area (Å²) >= 11 is 6.78. The van der Waals surface area contributed by atoms with Crippen molar-refractivity contribution in [2.24, 2.45) is 0 Å². The Morgan fingerprint density at radius 2 is 1.74 bits per heavy atom. The molecule has 0 spiro atoms. The Labute approximate surface area is 233 Å². The van der Waals surface area contributed by atoms with E-state index >= 15 is 0 Å². The van der Waals surface area contributed by atoms with Gasteiger partial charge in [-0.25, -0.2) is 0 Å². The average molecular weight is 547 g/mol. The molecule has 1 saturated heterocycles. The van der Waals surface area contributed by atoms with Gasteiger partial charge in [0.05, 0.1) is 11.5 Å². The Bertz CT molecular complexity index is 1350. The van der Waals surface area contributed by atoms with Gasteiger partial charge in [-0.2, -0.15) is 0 Å². The van der Waals surface area contributed by atoms with Crippen LogP contribution in [0.2, 0.25) is 0 Å². The fraction of sp³-hybridized carbons (Fsp3) is 0.233. The van der Waals surface area contributed by atoms with E-state index in [2.05, 4.69) is 5.32 Å². The fourth-order valence-electron chi connectivity index (χ4n) is 4.06. The number of nitrogens with zero attached hydrogens (tertiary/aromatic N) is 1. The van der Waals surface area contributed by atoms with Crippen LogP contribution >= 0.6 is 24.0 Å². The molecule has 3 aromatic carbocycles. The van der Waals surface area contributed by atoms with Gasteiger partial charge < -0.3 is 14.8 Å². The molecule has 0 radical (unpaired) electrons. The number of nitrogens with one attached hydrogen (secondary N) is 1. The van der Waals surface area contributed by atoms with E-state index in [0.717, 1.165) is 34.4 Å². The molecule has 1 heterocycles. The number of carbonyl (C=O) groups excluding carboxylic acids is 2. The van der Waals surface area contributed by atoms with Crippen LogP contribution in [-0.2, 0) is 16.0 Å². The van der Waals surface area contributed by atoms with Crippen molar-refractivity contribution in [2.45, 2.75) is 27.2 Å². The number of thiocarbonyl (C=S) groups is 1. The monoisotopic (exact) mass is 546 g/mol. The molecule has 1 fully saturated rings. The highest BCUT2D eigenvalue weighted by molar-refractivity contribution is 8.26. The summed E-state index contributed by atoms with van der Waals surface area (Å²) < 4.78 is 12.1. The van der Waals surface area contributed by atoms with Crippen LogP contribution in [0.25, 0.3) is 6.08 Å². The zero-order chi connectivity index (χ0) is 27.1. The molecule has 0 unspecified atom stereocenters. The highest BCUT2D eigenvalue weighted by Gasteiger charge is 2.31. The lowest BCUT2D eigenvalue weighted by atomic mass is 10.1. The van der Waals surface area contributed by atoms with Crippen molar-refractivity contribution in [3.05, 3.63) is 93.9 Å². The van der Waals surface area contributed by atoms with E-state index < -0.39 is 0 Å². The first kappa shape index (κ1) is 27.4. The SMILES string of the molecule is CCOc1cc(/C=C2\SC(=S)N(CCc3ccccc3)C2=O)ccc1OCC(=O)Nc1c(C)cccc1C. The maximum atomic E-state index is 13.0. The number of hydrogen-bond acceptors (Lipinski definition) is 6. The molecule has 1 aliphatic rings. The Balaban J connectivity index is 1.42. The quantitative estimate of drug-likeness (QED) is 0.243. The maximum absolute atomic E-state index is 13.0. The van der Waals surface area contributed by atoms with E-state index in [-0.39, 0.29) is 18.4 Å². The summed E-state index contributed by atoms with van der Waals surface area (Å²) in [6, 6.07) is 21.3. The summed E-state index contributed by atoms with van der Waals surface area (Å²) in [6.07, 6.45) is 2.54. The number of aryl methyl sites for hydroxylation is 2. The van der Waals surface area contributed by atoms with Gasteiger partial charge in [-0.15, -0.1) is 0 Å². The van der Waals surface area contributed by atoms with Crippen molar-refractivity contribution in [3.63, 3.8) is 0 Å². The molecule has 0 bridgehead atoms. The molecule has 1 N–H and O–H groups in total. The van der Waals surface area contributed by atoms with Crippen molar-refractivity contribution >= 4 is 51.9 Å². The first-order valence-corrected chi connectivity index (χ1v) is 13.6. The molecule has 0 atom stereocenters. The van der Waals surface area contributed by atoms with Crippen LogP contribution in [0.3, 0.4) is 0 Å². The average Bonchev–Trinajstić information content (AvgIpc) is 3.17. The second-order valence-electron chi connectivity index (χ2n) is 8.81. The zero-order valence-electron chi connectivity index (χ0n) is 21.7. The summed E-state index contributed by atoms with van der Waals surface area (Å²) in [4.78, 5) is 27.8. The lowest BCUT2D eigenvalue weighted by Gasteiger charge is -2.15. The van der Waals surface area contributed by atoms with Gasteiger partial charge in [0.1, 0.15) is 4.32 Å². The van der Waals surface area contributed by atoms with Crippen LogP contribution in [-0.4, -0.2) is 40.8 Å². The molecule has 0 aliphatic carbocycles. The molecule has 1 aliphatic heterocycles. The van der Waals surface area contributed by atoms with Crippen LogP contribution in [0.4, 0.5) is 5.69 Å². The Kier molecular flexibility index (Phi) is 9.20. The van der Waals surface area contributed by atoms with Gasteiger partial charge in [-0.3, -0.25) is 14.5 Å². The third-order valence-electron chi connectivity index (χ3n) is 6.01. The Morgan fingerprint density at radius 1 is 1.00 bits per heavy atom. The van der Waals surface area contributed by atoms with Crippen molar-refractivity contribution in [1.29, 1.82) is 0 Å². The molecular formula is C30H30N2O4S2. The van der Waals surface area contributed by atoms with Gasteiger partial charge in [0.25, 0.3) is 11.8 Å². The lowest BCUT2D eigenvalue weighted by Crippen LogP contribution is -2.30. The van der Waals surface area contributed by atoms with E-state index in [1.807, 2.05) is 81.4 Å². The summed E-state index contributed by atoms with van der Waals surface area (Å²) in [5, 5.41) is 2.92. The predicted molar refractivity (Wildman–Crippen MR) is 158 cm³/mol. The minimum atomic E-state index is -0.256. The first-order chi connectivity index (χ1) is 18.4.